The summed E-state index contributed by atoms with van der Waals surface area (Å²) in [6, 6.07) is 16.6. The molecule has 166 valence electrons. The van der Waals surface area contributed by atoms with Gasteiger partial charge in [0.2, 0.25) is 11.6 Å². The minimum absolute atomic E-state index is 0.141. The number of hydrogen-bond donors (Lipinski definition) is 2. The van der Waals surface area contributed by atoms with Gasteiger partial charge in [0, 0.05) is 18.8 Å². The SMILES string of the molecule is O=[N+]([O-])c1c(NCCN2CCCCC2)ncnc1Nc1ccc(Oc2ccccc2)cc1. The lowest BCUT2D eigenvalue weighted by atomic mass is 10.1. The van der Waals surface area contributed by atoms with Crippen LogP contribution in [-0.2, 0) is 0 Å². The zero-order valence-corrected chi connectivity index (χ0v) is 17.7. The summed E-state index contributed by atoms with van der Waals surface area (Å²) in [5, 5.41) is 17.9. The number of anilines is 3. The third kappa shape index (κ3) is 5.70. The van der Waals surface area contributed by atoms with Crippen LogP contribution < -0.4 is 15.4 Å². The van der Waals surface area contributed by atoms with E-state index in [1.165, 1.54) is 25.6 Å². The summed E-state index contributed by atoms with van der Waals surface area (Å²) in [4.78, 5) is 21.9. The summed E-state index contributed by atoms with van der Waals surface area (Å²) in [6.07, 6.45) is 5.01. The predicted octanol–water partition coefficient (Wildman–Crippen LogP) is 4.82. The Kier molecular flexibility index (Phi) is 7.08. The molecule has 2 heterocycles. The highest BCUT2D eigenvalue weighted by molar-refractivity contribution is 5.73. The second-order valence-electron chi connectivity index (χ2n) is 7.57. The third-order valence-corrected chi connectivity index (χ3v) is 5.27. The summed E-state index contributed by atoms with van der Waals surface area (Å²) >= 11 is 0. The number of nitrogens with zero attached hydrogens (tertiary/aromatic N) is 4. The number of benzene rings is 2. The van der Waals surface area contributed by atoms with Gasteiger partial charge in [-0.3, -0.25) is 10.1 Å². The van der Waals surface area contributed by atoms with Gasteiger partial charge < -0.3 is 20.3 Å². The molecule has 4 rings (SSSR count). The monoisotopic (exact) mass is 434 g/mol. The number of aromatic nitrogens is 2. The molecule has 1 aliphatic heterocycles. The standard InChI is InChI=1S/C23H26N6O3/c30-29(31)21-22(24-13-16-28-14-5-2-6-15-28)25-17-26-23(21)27-18-9-11-20(12-10-18)32-19-7-3-1-4-8-19/h1,3-4,7-12,17H,2,5-6,13-16H2,(H2,24,25,26,27). The van der Waals surface area contributed by atoms with Crippen LogP contribution in [0.25, 0.3) is 0 Å². The van der Waals surface area contributed by atoms with Gasteiger partial charge in [-0.2, -0.15) is 0 Å². The fourth-order valence-electron chi connectivity index (χ4n) is 3.66. The lowest BCUT2D eigenvalue weighted by molar-refractivity contribution is -0.383. The number of rotatable bonds is 9. The number of nitrogens with one attached hydrogen (secondary N) is 2. The van der Waals surface area contributed by atoms with Gasteiger partial charge in [-0.25, -0.2) is 9.97 Å². The van der Waals surface area contributed by atoms with Crippen molar-refractivity contribution in [3.05, 3.63) is 71.0 Å². The van der Waals surface area contributed by atoms with E-state index >= 15 is 0 Å². The molecular formula is C23H26N6O3. The molecule has 32 heavy (non-hydrogen) atoms. The van der Waals surface area contributed by atoms with Crippen LogP contribution >= 0.6 is 0 Å². The number of hydrogen-bond acceptors (Lipinski definition) is 8. The molecule has 0 unspecified atom stereocenters. The van der Waals surface area contributed by atoms with Crippen LogP contribution in [0.3, 0.4) is 0 Å². The van der Waals surface area contributed by atoms with Crippen molar-refractivity contribution < 1.29 is 9.66 Å². The Balaban J connectivity index is 1.42. The van der Waals surface area contributed by atoms with Gasteiger partial charge in [0.1, 0.15) is 17.8 Å². The molecule has 9 heteroatoms. The summed E-state index contributed by atoms with van der Waals surface area (Å²) in [5.74, 6) is 1.76. The van der Waals surface area contributed by atoms with Crippen molar-refractivity contribution in [3.8, 4) is 11.5 Å². The summed E-state index contributed by atoms with van der Waals surface area (Å²) < 4.78 is 5.78. The van der Waals surface area contributed by atoms with Gasteiger partial charge in [-0.15, -0.1) is 0 Å². The van der Waals surface area contributed by atoms with Crippen molar-refractivity contribution >= 4 is 23.0 Å². The largest absolute Gasteiger partial charge is 0.457 e. The number of likely N-dealkylation sites (tertiary alicyclic amines) is 1. The third-order valence-electron chi connectivity index (χ3n) is 5.27. The first-order chi connectivity index (χ1) is 15.7. The molecule has 0 saturated carbocycles. The molecule has 1 aliphatic rings. The molecule has 9 nitrogen and oxygen atoms in total. The Morgan fingerprint density at radius 2 is 1.62 bits per heavy atom. The molecule has 0 aliphatic carbocycles. The van der Waals surface area contributed by atoms with Crippen LogP contribution in [0.2, 0.25) is 0 Å². The normalized spacial score (nSPS) is 14.0. The van der Waals surface area contributed by atoms with Gasteiger partial charge in [0.25, 0.3) is 0 Å². The fraction of sp³-hybridized carbons (Fsp3) is 0.304. The van der Waals surface area contributed by atoms with E-state index in [9.17, 15) is 10.1 Å². The maximum atomic E-state index is 11.8. The molecule has 1 fully saturated rings. The van der Waals surface area contributed by atoms with Gasteiger partial charge in [0.05, 0.1) is 4.92 Å². The van der Waals surface area contributed by atoms with E-state index in [-0.39, 0.29) is 17.3 Å². The molecule has 2 N–H and O–H groups in total. The number of piperidine rings is 1. The van der Waals surface area contributed by atoms with Crippen LogP contribution in [0.4, 0.5) is 23.0 Å². The van der Waals surface area contributed by atoms with Gasteiger partial charge in [0.15, 0.2) is 0 Å². The highest BCUT2D eigenvalue weighted by Gasteiger charge is 2.23. The number of para-hydroxylation sites is 1. The van der Waals surface area contributed by atoms with Crippen molar-refractivity contribution in [1.82, 2.24) is 14.9 Å². The first kappa shape index (κ1) is 21.5. The number of nitro groups is 1. The minimum Gasteiger partial charge on any atom is -0.457 e. The van der Waals surface area contributed by atoms with E-state index in [4.69, 9.17) is 4.74 Å². The van der Waals surface area contributed by atoms with Crippen molar-refractivity contribution in [2.75, 3.05) is 36.8 Å². The first-order valence-corrected chi connectivity index (χ1v) is 10.7. The van der Waals surface area contributed by atoms with E-state index in [1.54, 1.807) is 24.3 Å². The lowest BCUT2D eigenvalue weighted by Gasteiger charge is -2.26. The zero-order valence-electron chi connectivity index (χ0n) is 17.7. The molecule has 0 bridgehead atoms. The molecule has 3 aromatic rings. The molecular weight excluding hydrogens is 408 g/mol. The smallest absolute Gasteiger partial charge is 0.353 e. The minimum atomic E-state index is -0.460. The maximum absolute atomic E-state index is 11.8. The highest BCUT2D eigenvalue weighted by Crippen LogP contribution is 2.32. The Hall–Kier alpha value is -3.72. The van der Waals surface area contributed by atoms with Crippen molar-refractivity contribution in [1.29, 1.82) is 0 Å². The second-order valence-corrected chi connectivity index (χ2v) is 7.57. The van der Waals surface area contributed by atoms with Crippen molar-refractivity contribution in [2.24, 2.45) is 0 Å². The fourth-order valence-corrected chi connectivity index (χ4v) is 3.66. The Morgan fingerprint density at radius 3 is 2.34 bits per heavy atom. The van der Waals surface area contributed by atoms with E-state index in [0.717, 1.165) is 25.4 Å². The Labute approximate surface area is 186 Å². The van der Waals surface area contributed by atoms with E-state index in [1.807, 2.05) is 30.3 Å². The summed E-state index contributed by atoms with van der Waals surface area (Å²) in [5.41, 5.74) is 0.488. The summed E-state index contributed by atoms with van der Waals surface area (Å²) in [7, 11) is 0. The van der Waals surface area contributed by atoms with Crippen molar-refractivity contribution in [2.45, 2.75) is 19.3 Å². The molecule has 0 spiro atoms. The Bertz CT molecular complexity index is 1020. The lowest BCUT2D eigenvalue weighted by Crippen LogP contribution is -2.33. The predicted molar refractivity (Wildman–Crippen MR) is 124 cm³/mol. The maximum Gasteiger partial charge on any atom is 0.353 e. The molecule has 0 amide bonds. The Morgan fingerprint density at radius 1 is 0.938 bits per heavy atom. The number of ether oxygens (including phenoxy) is 1. The summed E-state index contributed by atoms with van der Waals surface area (Å²) in [6.45, 7) is 3.56. The zero-order chi connectivity index (χ0) is 22.2. The van der Waals surface area contributed by atoms with Crippen LogP contribution in [-0.4, -0.2) is 46.0 Å². The molecule has 1 saturated heterocycles. The first-order valence-electron chi connectivity index (χ1n) is 10.7. The molecule has 2 aromatic carbocycles. The van der Waals surface area contributed by atoms with Gasteiger partial charge in [-0.05, 0) is 62.3 Å². The van der Waals surface area contributed by atoms with Crippen LogP contribution in [0.1, 0.15) is 19.3 Å². The van der Waals surface area contributed by atoms with E-state index in [0.29, 0.717) is 18.0 Å². The van der Waals surface area contributed by atoms with E-state index < -0.39 is 4.92 Å². The topological polar surface area (TPSA) is 105 Å². The van der Waals surface area contributed by atoms with Crippen LogP contribution in [0.15, 0.2) is 60.9 Å². The highest BCUT2D eigenvalue weighted by atomic mass is 16.6. The van der Waals surface area contributed by atoms with Gasteiger partial charge >= 0.3 is 5.69 Å². The van der Waals surface area contributed by atoms with Crippen molar-refractivity contribution in [3.63, 3.8) is 0 Å². The average molecular weight is 435 g/mol. The molecule has 0 atom stereocenters. The van der Waals surface area contributed by atoms with Crippen LogP contribution in [0.5, 0.6) is 11.5 Å². The average Bonchev–Trinajstić information content (AvgIpc) is 2.82. The quantitative estimate of drug-likeness (QED) is 0.365. The molecule has 0 radical (unpaired) electrons. The van der Waals surface area contributed by atoms with E-state index in [2.05, 4.69) is 25.5 Å². The van der Waals surface area contributed by atoms with Crippen LogP contribution in [0, 0.1) is 10.1 Å². The van der Waals surface area contributed by atoms with Gasteiger partial charge in [-0.1, -0.05) is 24.6 Å². The molecule has 1 aromatic heterocycles. The second kappa shape index (κ2) is 10.5.